The molecule has 1 aromatic carbocycles. The number of nitrogens with zero attached hydrogens (tertiary/aromatic N) is 1. The van der Waals surface area contributed by atoms with Crippen molar-refractivity contribution in [3.8, 4) is 0 Å². The lowest BCUT2D eigenvalue weighted by Crippen LogP contribution is -2.54. The van der Waals surface area contributed by atoms with Crippen LogP contribution in [0.4, 0.5) is 0 Å². The number of hydrogen-bond donors (Lipinski definition) is 3. The van der Waals surface area contributed by atoms with E-state index in [9.17, 15) is 23.1 Å². The Hall–Kier alpha value is -2.39. The second kappa shape index (κ2) is 8.39. The highest BCUT2D eigenvalue weighted by molar-refractivity contribution is 7.89. The topological polar surface area (TPSA) is 116 Å². The predicted molar refractivity (Wildman–Crippen MR) is 111 cm³/mol. The second-order valence-corrected chi connectivity index (χ2v) is 10.6. The fourth-order valence-corrected chi connectivity index (χ4v) is 5.52. The number of benzene rings is 1. The van der Waals surface area contributed by atoms with E-state index in [1.54, 1.807) is 12.1 Å². The summed E-state index contributed by atoms with van der Waals surface area (Å²) in [5.74, 6) is -0.953. The Kier molecular flexibility index (Phi) is 6.24. The van der Waals surface area contributed by atoms with Gasteiger partial charge in [-0.05, 0) is 43.7 Å². The van der Waals surface area contributed by atoms with Gasteiger partial charge >= 0.3 is 0 Å². The van der Waals surface area contributed by atoms with Gasteiger partial charge in [-0.15, -0.1) is 0 Å². The quantitative estimate of drug-likeness (QED) is 0.647. The van der Waals surface area contributed by atoms with Crippen LogP contribution >= 0.6 is 0 Å². The van der Waals surface area contributed by atoms with Crippen LogP contribution in [0.3, 0.4) is 0 Å². The van der Waals surface area contributed by atoms with Crippen molar-refractivity contribution in [2.24, 2.45) is 5.41 Å². The molecule has 2 aliphatic rings. The van der Waals surface area contributed by atoms with E-state index in [2.05, 4.69) is 10.6 Å². The molecule has 1 aromatic rings. The van der Waals surface area contributed by atoms with Crippen LogP contribution in [0.1, 0.15) is 45.1 Å². The molecule has 0 bridgehead atoms. The molecule has 3 rings (SSSR count). The lowest BCUT2D eigenvalue weighted by Gasteiger charge is -2.41. The molecule has 0 aromatic heterocycles. The number of aliphatic hydroxyl groups is 1. The third kappa shape index (κ3) is 4.67. The Morgan fingerprint density at radius 3 is 2.57 bits per heavy atom. The average Bonchev–Trinajstić information content (AvgIpc) is 2.65. The number of sulfonamides is 1. The molecule has 3 atom stereocenters. The standard InChI is InChI=1S/C21H29N3O5S/c1-14-4-7-16(8-5-14)30(28,29)24-11-10-22-20(27)17(24)12-19(26)23-18-9-6-15(25)13-21(18,2)3/h4-5,7-8,10-11,15,17-18,25H,6,9,12-13H2,1-3H3,(H,22,27)(H,23,26)/t15?,17-,18?/m1/s1. The first-order chi connectivity index (χ1) is 14.0. The zero-order chi connectivity index (χ0) is 22.1. The first-order valence-electron chi connectivity index (χ1n) is 10.1. The molecule has 1 fully saturated rings. The minimum atomic E-state index is -4.00. The van der Waals surface area contributed by atoms with Crippen molar-refractivity contribution in [3.63, 3.8) is 0 Å². The summed E-state index contributed by atoms with van der Waals surface area (Å²) < 4.78 is 27.2. The molecule has 1 aliphatic carbocycles. The molecule has 30 heavy (non-hydrogen) atoms. The van der Waals surface area contributed by atoms with Crippen LogP contribution in [0.25, 0.3) is 0 Å². The Bertz CT molecular complexity index is 940. The third-order valence-electron chi connectivity index (χ3n) is 5.86. The van der Waals surface area contributed by atoms with Gasteiger partial charge in [-0.1, -0.05) is 31.5 Å². The summed E-state index contributed by atoms with van der Waals surface area (Å²) >= 11 is 0. The van der Waals surface area contributed by atoms with Gasteiger partial charge in [0.25, 0.3) is 10.0 Å². The zero-order valence-corrected chi connectivity index (χ0v) is 18.3. The molecule has 2 amide bonds. The first-order valence-corrected chi connectivity index (χ1v) is 11.5. The Labute approximate surface area is 177 Å². The molecular weight excluding hydrogens is 406 g/mol. The molecule has 9 heteroatoms. The SMILES string of the molecule is Cc1ccc(S(=O)(=O)N2C=CNC(=O)[C@H]2CC(=O)NC2CCC(O)CC2(C)C)cc1. The van der Waals surface area contributed by atoms with Crippen LogP contribution in [0, 0.1) is 12.3 Å². The second-order valence-electron chi connectivity index (χ2n) is 8.74. The van der Waals surface area contributed by atoms with E-state index < -0.39 is 34.0 Å². The van der Waals surface area contributed by atoms with Crippen LogP contribution in [0.2, 0.25) is 0 Å². The molecule has 2 unspecified atom stereocenters. The molecular formula is C21H29N3O5S. The number of carbonyl (C=O) groups excluding carboxylic acids is 2. The van der Waals surface area contributed by atoms with Gasteiger partial charge in [0.2, 0.25) is 11.8 Å². The summed E-state index contributed by atoms with van der Waals surface area (Å²) in [5.41, 5.74) is 0.618. The van der Waals surface area contributed by atoms with Crippen molar-refractivity contribution >= 4 is 21.8 Å². The van der Waals surface area contributed by atoms with Gasteiger partial charge in [0.05, 0.1) is 17.4 Å². The lowest BCUT2D eigenvalue weighted by atomic mass is 9.72. The highest BCUT2D eigenvalue weighted by atomic mass is 32.2. The molecule has 1 saturated carbocycles. The predicted octanol–water partition coefficient (Wildman–Crippen LogP) is 1.40. The fraction of sp³-hybridized carbons (Fsp3) is 0.524. The lowest BCUT2D eigenvalue weighted by molar-refractivity contribution is -0.130. The van der Waals surface area contributed by atoms with Crippen molar-refractivity contribution in [1.29, 1.82) is 0 Å². The van der Waals surface area contributed by atoms with Crippen LogP contribution in [-0.4, -0.2) is 47.8 Å². The molecule has 164 valence electrons. The highest BCUT2D eigenvalue weighted by Crippen LogP contribution is 2.35. The third-order valence-corrected chi connectivity index (χ3v) is 7.66. The minimum absolute atomic E-state index is 0.0558. The molecule has 1 heterocycles. The molecule has 0 radical (unpaired) electrons. The van der Waals surface area contributed by atoms with Crippen molar-refractivity contribution in [3.05, 3.63) is 42.2 Å². The zero-order valence-electron chi connectivity index (χ0n) is 17.5. The van der Waals surface area contributed by atoms with Gasteiger partial charge < -0.3 is 15.7 Å². The maximum Gasteiger partial charge on any atom is 0.264 e. The van der Waals surface area contributed by atoms with E-state index in [0.29, 0.717) is 19.3 Å². The number of amides is 2. The molecule has 3 N–H and O–H groups in total. The summed E-state index contributed by atoms with van der Waals surface area (Å²) in [7, 11) is -4.00. The maximum absolute atomic E-state index is 13.1. The van der Waals surface area contributed by atoms with Crippen LogP contribution in [0.15, 0.2) is 41.6 Å². The van der Waals surface area contributed by atoms with E-state index >= 15 is 0 Å². The average molecular weight is 436 g/mol. The normalized spacial score (nSPS) is 26.2. The van der Waals surface area contributed by atoms with Crippen LogP contribution < -0.4 is 10.6 Å². The Morgan fingerprint density at radius 1 is 1.27 bits per heavy atom. The van der Waals surface area contributed by atoms with E-state index in [4.69, 9.17) is 0 Å². The van der Waals surface area contributed by atoms with E-state index in [0.717, 1.165) is 9.87 Å². The fourth-order valence-electron chi connectivity index (χ4n) is 4.07. The summed E-state index contributed by atoms with van der Waals surface area (Å²) in [4.78, 5) is 25.3. The summed E-state index contributed by atoms with van der Waals surface area (Å²) in [5, 5.41) is 15.3. The molecule has 1 aliphatic heterocycles. The van der Waals surface area contributed by atoms with Crippen molar-refractivity contribution in [2.75, 3.05) is 0 Å². The molecule has 0 saturated heterocycles. The van der Waals surface area contributed by atoms with E-state index in [1.165, 1.54) is 24.5 Å². The summed E-state index contributed by atoms with van der Waals surface area (Å²) in [6, 6.07) is 5.00. The number of nitrogens with one attached hydrogen (secondary N) is 2. The number of carbonyl (C=O) groups is 2. The van der Waals surface area contributed by atoms with Crippen molar-refractivity contribution in [2.45, 2.75) is 69.5 Å². The number of aryl methyl sites for hydroxylation is 1. The van der Waals surface area contributed by atoms with Crippen molar-refractivity contribution in [1.82, 2.24) is 14.9 Å². The Morgan fingerprint density at radius 2 is 1.93 bits per heavy atom. The first kappa shape index (κ1) is 22.3. The molecule has 8 nitrogen and oxygen atoms in total. The molecule has 0 spiro atoms. The van der Waals surface area contributed by atoms with Crippen LogP contribution in [0.5, 0.6) is 0 Å². The largest absolute Gasteiger partial charge is 0.393 e. The summed E-state index contributed by atoms with van der Waals surface area (Å²) in [6.45, 7) is 5.80. The van der Waals surface area contributed by atoms with Gasteiger partial charge in [-0.3, -0.25) is 13.9 Å². The van der Waals surface area contributed by atoms with Crippen molar-refractivity contribution < 1.29 is 23.1 Å². The van der Waals surface area contributed by atoms with Gasteiger partial charge in [0.15, 0.2) is 0 Å². The monoisotopic (exact) mass is 435 g/mol. The van der Waals surface area contributed by atoms with Crippen LogP contribution in [-0.2, 0) is 19.6 Å². The van der Waals surface area contributed by atoms with Gasteiger partial charge in [0.1, 0.15) is 6.04 Å². The number of rotatable bonds is 5. The summed E-state index contributed by atoms with van der Waals surface area (Å²) in [6.07, 6.45) is 3.63. The maximum atomic E-state index is 13.1. The van der Waals surface area contributed by atoms with Gasteiger partial charge in [-0.2, -0.15) is 0 Å². The van der Waals surface area contributed by atoms with E-state index in [-0.39, 0.29) is 22.8 Å². The highest BCUT2D eigenvalue weighted by Gasteiger charge is 2.40. The number of aliphatic hydroxyl groups excluding tert-OH is 1. The van der Waals surface area contributed by atoms with Gasteiger partial charge in [-0.25, -0.2) is 8.42 Å². The van der Waals surface area contributed by atoms with E-state index in [1.807, 2.05) is 20.8 Å². The smallest absolute Gasteiger partial charge is 0.264 e. The Balaban J connectivity index is 1.77. The number of hydrogen-bond acceptors (Lipinski definition) is 5. The minimum Gasteiger partial charge on any atom is -0.393 e. The van der Waals surface area contributed by atoms with Gasteiger partial charge in [0, 0.05) is 18.4 Å².